The Morgan fingerprint density at radius 3 is 2.05 bits per heavy atom. The molecule has 6 aromatic carbocycles. The summed E-state index contributed by atoms with van der Waals surface area (Å²) in [4.78, 5) is 0.987. The Labute approximate surface area is 239 Å². The summed E-state index contributed by atoms with van der Waals surface area (Å²) >= 11 is 6.60. The molecule has 0 saturated carbocycles. The van der Waals surface area contributed by atoms with E-state index >= 15 is 0 Å². The van der Waals surface area contributed by atoms with E-state index in [1.807, 2.05) is 11.3 Å². The van der Waals surface area contributed by atoms with Crippen molar-refractivity contribution in [3.05, 3.63) is 126 Å². The highest BCUT2D eigenvalue weighted by Gasteiger charge is 2.14. The van der Waals surface area contributed by atoms with Crippen molar-refractivity contribution >= 4 is 54.9 Å². The van der Waals surface area contributed by atoms with Gasteiger partial charge in [-0.05, 0) is 101 Å². The van der Waals surface area contributed by atoms with Crippen LogP contribution in [0, 0.1) is 20.8 Å². The van der Waals surface area contributed by atoms with Crippen molar-refractivity contribution in [2.75, 3.05) is 0 Å². The molecule has 0 radical (unpaired) electrons. The molecular weight excluding hydrogens is 509 g/mol. The van der Waals surface area contributed by atoms with Gasteiger partial charge < -0.3 is 0 Å². The van der Waals surface area contributed by atoms with Gasteiger partial charge in [0.05, 0.1) is 0 Å². The number of benzene rings is 6. The average molecular weight is 537 g/mol. The zero-order chi connectivity index (χ0) is 26.7. The van der Waals surface area contributed by atoms with E-state index in [0.29, 0.717) is 0 Å². The Bertz CT molecular complexity index is 2020. The molecule has 0 aliphatic rings. The minimum Gasteiger partial charge on any atom is -0.143 e. The number of aryl methyl sites for hydroxylation is 3. The molecule has 0 amide bonds. The summed E-state index contributed by atoms with van der Waals surface area (Å²) in [5.74, 6) is 0. The van der Waals surface area contributed by atoms with Gasteiger partial charge in [0.25, 0.3) is 0 Å². The first kappa shape index (κ1) is 24.2. The van der Waals surface area contributed by atoms with Gasteiger partial charge in [-0.15, -0.1) is 24.0 Å². The molecule has 0 saturated heterocycles. The van der Waals surface area contributed by atoms with Crippen LogP contribution in [0.2, 0.25) is 0 Å². The van der Waals surface area contributed by atoms with Crippen LogP contribution in [-0.4, -0.2) is 0 Å². The second-order valence-corrected chi connectivity index (χ2v) is 12.2. The van der Waals surface area contributed by atoms with Crippen molar-refractivity contribution in [3.63, 3.8) is 0 Å². The molecule has 0 aliphatic heterocycles. The zero-order valence-corrected chi connectivity index (χ0v) is 24.0. The lowest BCUT2D eigenvalue weighted by atomic mass is 9.89. The first-order valence-corrected chi connectivity index (χ1v) is 14.6. The van der Waals surface area contributed by atoms with Crippen molar-refractivity contribution in [2.24, 2.45) is 0 Å². The third-order valence-corrected chi connectivity index (χ3v) is 9.10. The molecule has 0 aliphatic carbocycles. The topological polar surface area (TPSA) is 0 Å². The Balaban J connectivity index is 1.49. The van der Waals surface area contributed by atoms with E-state index < -0.39 is 0 Å². The zero-order valence-electron chi connectivity index (χ0n) is 22.2. The quantitative estimate of drug-likeness (QED) is 0.213. The number of thiol groups is 1. The summed E-state index contributed by atoms with van der Waals surface area (Å²) in [5, 5.41) is 5.27. The Hall–Kier alpha value is -3.85. The number of hydrogen-bond donors (Lipinski definition) is 1. The molecule has 7 rings (SSSR count). The maximum Gasteiger partial charge on any atom is 0.0433 e. The Kier molecular flexibility index (Phi) is 5.84. The fourth-order valence-electron chi connectivity index (χ4n) is 5.95. The molecule has 0 bridgehead atoms. The second-order valence-electron chi connectivity index (χ2n) is 10.7. The fourth-order valence-corrected chi connectivity index (χ4v) is 7.51. The fraction of sp³-hybridized carbons (Fsp3) is 0.0811. The first-order chi connectivity index (χ1) is 18.9. The predicted octanol–water partition coefficient (Wildman–Crippen LogP) is 11.4. The molecule has 0 unspecified atom stereocenters. The van der Waals surface area contributed by atoms with Gasteiger partial charge in [-0.1, -0.05) is 90.0 Å². The van der Waals surface area contributed by atoms with E-state index in [2.05, 4.69) is 130 Å². The smallest absolute Gasteiger partial charge is 0.0433 e. The van der Waals surface area contributed by atoms with Gasteiger partial charge in [0.2, 0.25) is 0 Å². The monoisotopic (exact) mass is 536 g/mol. The van der Waals surface area contributed by atoms with Crippen molar-refractivity contribution in [3.8, 4) is 33.4 Å². The van der Waals surface area contributed by atoms with Gasteiger partial charge in [0.1, 0.15) is 0 Å². The largest absolute Gasteiger partial charge is 0.143 e. The van der Waals surface area contributed by atoms with E-state index in [1.54, 1.807) is 0 Å². The maximum atomic E-state index is 4.71. The lowest BCUT2D eigenvalue weighted by Gasteiger charge is -2.15. The highest BCUT2D eigenvalue weighted by Crippen LogP contribution is 2.42. The normalized spacial score (nSPS) is 11.6. The lowest BCUT2D eigenvalue weighted by Crippen LogP contribution is -1.90. The highest BCUT2D eigenvalue weighted by molar-refractivity contribution is 7.80. The number of fused-ring (bicyclic) bond motifs is 5. The van der Waals surface area contributed by atoms with Crippen LogP contribution < -0.4 is 0 Å². The Morgan fingerprint density at radius 2 is 1.23 bits per heavy atom. The van der Waals surface area contributed by atoms with Crippen molar-refractivity contribution < 1.29 is 0 Å². The van der Waals surface area contributed by atoms with Crippen LogP contribution in [0.5, 0.6) is 0 Å². The van der Waals surface area contributed by atoms with E-state index in [-0.39, 0.29) is 0 Å². The van der Waals surface area contributed by atoms with E-state index in [4.69, 9.17) is 12.6 Å². The highest BCUT2D eigenvalue weighted by atomic mass is 32.1. The maximum absolute atomic E-state index is 4.71. The molecular formula is C37H28S2. The molecule has 1 heterocycles. The third-order valence-electron chi connectivity index (χ3n) is 7.62. The standard InChI is InChI=1S/C37H28S2/c1-22-14-23(2)16-28(15-22)26-9-11-31(29-17-24(3)18-30(38)19-29)34(20-26)27-10-13-36-35(21-27)33-12-8-25-6-4-5-7-32(25)37(33)39-36/h4-21,38H,1-3H3. The summed E-state index contributed by atoms with van der Waals surface area (Å²) in [7, 11) is 0. The number of hydrogen-bond acceptors (Lipinski definition) is 2. The van der Waals surface area contributed by atoms with Gasteiger partial charge in [0.15, 0.2) is 0 Å². The van der Waals surface area contributed by atoms with Gasteiger partial charge in [-0.25, -0.2) is 0 Å². The van der Waals surface area contributed by atoms with Crippen LogP contribution in [0.1, 0.15) is 16.7 Å². The molecule has 7 aromatic rings. The van der Waals surface area contributed by atoms with Gasteiger partial charge in [0, 0.05) is 25.1 Å². The average Bonchev–Trinajstić information content (AvgIpc) is 3.30. The van der Waals surface area contributed by atoms with Crippen LogP contribution >= 0.6 is 24.0 Å². The SMILES string of the molecule is Cc1cc(C)cc(-c2ccc(-c3cc(C)cc(S)c3)c(-c3ccc4sc5c6ccccc6ccc5c4c3)c2)c1. The number of rotatable bonds is 3. The van der Waals surface area contributed by atoms with E-state index in [1.165, 1.54) is 81.0 Å². The van der Waals surface area contributed by atoms with Gasteiger partial charge in [-0.3, -0.25) is 0 Å². The number of thiophene rings is 1. The summed E-state index contributed by atoms with van der Waals surface area (Å²) in [6, 6.07) is 40.5. The molecule has 0 nitrogen and oxygen atoms in total. The van der Waals surface area contributed by atoms with Crippen LogP contribution in [0.25, 0.3) is 64.3 Å². The summed E-state index contributed by atoms with van der Waals surface area (Å²) in [6.45, 7) is 6.48. The second kappa shape index (κ2) is 9.41. The predicted molar refractivity (Wildman–Crippen MR) is 175 cm³/mol. The summed E-state index contributed by atoms with van der Waals surface area (Å²) in [6.07, 6.45) is 0. The van der Waals surface area contributed by atoms with Crippen LogP contribution in [0.4, 0.5) is 0 Å². The van der Waals surface area contributed by atoms with E-state index in [9.17, 15) is 0 Å². The van der Waals surface area contributed by atoms with Gasteiger partial charge in [-0.2, -0.15) is 0 Å². The van der Waals surface area contributed by atoms with Crippen molar-refractivity contribution in [2.45, 2.75) is 25.7 Å². The molecule has 39 heavy (non-hydrogen) atoms. The molecule has 1 aromatic heterocycles. The molecule has 0 atom stereocenters. The molecule has 188 valence electrons. The first-order valence-electron chi connectivity index (χ1n) is 13.3. The molecule has 0 fully saturated rings. The minimum atomic E-state index is 0.987. The molecule has 2 heteroatoms. The Morgan fingerprint density at radius 1 is 0.487 bits per heavy atom. The third kappa shape index (κ3) is 4.34. The lowest BCUT2D eigenvalue weighted by molar-refractivity contribution is 1.36. The molecule has 0 spiro atoms. The van der Waals surface area contributed by atoms with Crippen LogP contribution in [0.15, 0.2) is 114 Å². The van der Waals surface area contributed by atoms with Gasteiger partial charge >= 0.3 is 0 Å². The summed E-state index contributed by atoms with van der Waals surface area (Å²) < 4.78 is 2.69. The minimum absolute atomic E-state index is 0.987. The summed E-state index contributed by atoms with van der Waals surface area (Å²) in [5.41, 5.74) is 11.2. The van der Waals surface area contributed by atoms with Crippen molar-refractivity contribution in [1.29, 1.82) is 0 Å². The van der Waals surface area contributed by atoms with Crippen LogP contribution in [0.3, 0.4) is 0 Å². The van der Waals surface area contributed by atoms with Crippen LogP contribution in [-0.2, 0) is 0 Å². The van der Waals surface area contributed by atoms with Crippen molar-refractivity contribution in [1.82, 2.24) is 0 Å². The molecule has 0 N–H and O–H groups in total. The van der Waals surface area contributed by atoms with E-state index in [0.717, 1.165) is 4.90 Å².